The van der Waals surface area contributed by atoms with Crippen molar-refractivity contribution in [1.82, 2.24) is 24.6 Å². The van der Waals surface area contributed by atoms with E-state index in [2.05, 4.69) is 24.6 Å². The van der Waals surface area contributed by atoms with Gasteiger partial charge in [0, 0.05) is 43.4 Å². The molecule has 0 bridgehead atoms. The van der Waals surface area contributed by atoms with Gasteiger partial charge in [0.2, 0.25) is 0 Å². The molecule has 8 heteroatoms. The molecule has 1 aliphatic rings. The molecule has 0 spiro atoms. The van der Waals surface area contributed by atoms with Crippen LogP contribution in [0.1, 0.15) is 42.3 Å². The van der Waals surface area contributed by atoms with E-state index < -0.39 is 11.7 Å². The fourth-order valence-electron chi connectivity index (χ4n) is 4.13. The third kappa shape index (κ3) is 5.12. The molecule has 0 N–H and O–H groups in total. The largest absolute Gasteiger partial charge is 0.417 e. The van der Waals surface area contributed by atoms with Gasteiger partial charge in [-0.25, -0.2) is 0 Å². The van der Waals surface area contributed by atoms with Gasteiger partial charge in [0.1, 0.15) is 5.82 Å². The van der Waals surface area contributed by atoms with Crippen molar-refractivity contribution in [2.24, 2.45) is 7.05 Å². The molecular weight excluding hydrogens is 403 g/mol. The van der Waals surface area contributed by atoms with Gasteiger partial charge in [-0.3, -0.25) is 4.98 Å². The van der Waals surface area contributed by atoms with Crippen LogP contribution in [0.2, 0.25) is 0 Å². The van der Waals surface area contributed by atoms with E-state index in [1.54, 1.807) is 0 Å². The van der Waals surface area contributed by atoms with Crippen LogP contribution >= 0.6 is 0 Å². The van der Waals surface area contributed by atoms with Gasteiger partial charge in [0.05, 0.1) is 5.56 Å². The average Bonchev–Trinajstić information content (AvgIpc) is 3.38. The number of pyridine rings is 1. The Morgan fingerprint density at radius 1 is 1.03 bits per heavy atom. The Morgan fingerprint density at radius 3 is 2.55 bits per heavy atom. The number of aromatic nitrogens is 4. The Kier molecular flexibility index (Phi) is 6.36. The Hall–Kier alpha value is -2.74. The molecule has 1 unspecified atom stereocenters. The van der Waals surface area contributed by atoms with Crippen molar-refractivity contribution < 1.29 is 13.2 Å². The van der Waals surface area contributed by atoms with Gasteiger partial charge in [-0.1, -0.05) is 30.3 Å². The van der Waals surface area contributed by atoms with Crippen molar-refractivity contribution in [3.05, 3.63) is 65.7 Å². The molecule has 1 aromatic carbocycles. The van der Waals surface area contributed by atoms with Crippen LogP contribution in [-0.4, -0.2) is 44.3 Å². The van der Waals surface area contributed by atoms with Crippen LogP contribution in [0.25, 0.3) is 11.4 Å². The summed E-state index contributed by atoms with van der Waals surface area (Å²) in [5.41, 5.74) is 1.12. The topological polar surface area (TPSA) is 46.8 Å². The highest BCUT2D eigenvalue weighted by atomic mass is 19.4. The van der Waals surface area contributed by atoms with E-state index in [-0.39, 0.29) is 5.92 Å². The fourth-order valence-corrected chi connectivity index (χ4v) is 4.13. The quantitative estimate of drug-likeness (QED) is 0.511. The Bertz CT molecular complexity index is 983. The van der Waals surface area contributed by atoms with Crippen LogP contribution in [0.3, 0.4) is 0 Å². The van der Waals surface area contributed by atoms with Crippen molar-refractivity contribution in [1.29, 1.82) is 0 Å². The molecule has 0 radical (unpaired) electrons. The minimum absolute atomic E-state index is 0.203. The molecule has 4 rings (SSSR count). The smallest absolute Gasteiger partial charge is 0.314 e. The fraction of sp³-hybridized carbons (Fsp3) is 0.435. The second-order valence-electron chi connectivity index (χ2n) is 8.08. The van der Waals surface area contributed by atoms with Crippen molar-refractivity contribution in [2.45, 2.75) is 37.8 Å². The van der Waals surface area contributed by atoms with Gasteiger partial charge in [0.25, 0.3) is 0 Å². The third-order valence-electron chi connectivity index (χ3n) is 5.93. The van der Waals surface area contributed by atoms with Crippen molar-refractivity contribution in [3.8, 4) is 11.4 Å². The zero-order valence-corrected chi connectivity index (χ0v) is 17.5. The van der Waals surface area contributed by atoms with Crippen molar-refractivity contribution in [3.63, 3.8) is 0 Å². The Labute approximate surface area is 179 Å². The maximum atomic E-state index is 12.7. The Balaban J connectivity index is 1.23. The van der Waals surface area contributed by atoms with Gasteiger partial charge in [-0.2, -0.15) is 13.2 Å². The third-order valence-corrected chi connectivity index (χ3v) is 5.93. The number of halogens is 3. The second-order valence-corrected chi connectivity index (χ2v) is 8.08. The molecular formula is C23H26F3N5. The van der Waals surface area contributed by atoms with E-state index in [4.69, 9.17) is 0 Å². The standard InChI is InChI=1S/C23H26F3N5/c1-30-21(28-29-22(30)17-7-3-2-4-8-17)9-5-6-13-31-14-12-18(16-31)20-11-10-19(15-27-20)23(24,25)26/h2-4,7-8,10-11,15,18H,5-6,9,12-14,16H2,1H3. The van der Waals surface area contributed by atoms with Crippen molar-refractivity contribution in [2.75, 3.05) is 19.6 Å². The van der Waals surface area contributed by atoms with E-state index in [0.29, 0.717) is 0 Å². The number of hydrogen-bond acceptors (Lipinski definition) is 4. The number of rotatable bonds is 7. The summed E-state index contributed by atoms with van der Waals surface area (Å²) in [5, 5.41) is 8.68. The summed E-state index contributed by atoms with van der Waals surface area (Å²) >= 11 is 0. The van der Waals surface area contributed by atoms with Gasteiger partial charge < -0.3 is 9.47 Å². The van der Waals surface area contributed by atoms with Crippen LogP contribution in [0.5, 0.6) is 0 Å². The molecule has 5 nitrogen and oxygen atoms in total. The number of likely N-dealkylation sites (tertiary alicyclic amines) is 1. The summed E-state index contributed by atoms with van der Waals surface area (Å²) in [6.07, 6.45) is 0.470. The molecule has 1 saturated heterocycles. The lowest BCUT2D eigenvalue weighted by Gasteiger charge is -2.16. The number of aryl methyl sites for hydroxylation is 1. The summed E-state index contributed by atoms with van der Waals surface area (Å²) in [6, 6.07) is 12.7. The predicted molar refractivity (Wildman–Crippen MR) is 112 cm³/mol. The lowest BCUT2D eigenvalue weighted by atomic mass is 10.0. The number of unbranched alkanes of at least 4 members (excludes halogenated alkanes) is 1. The summed E-state index contributed by atoms with van der Waals surface area (Å²) < 4.78 is 40.2. The molecule has 31 heavy (non-hydrogen) atoms. The van der Waals surface area contributed by atoms with Gasteiger partial charge in [-0.05, 0) is 44.5 Å². The summed E-state index contributed by atoms with van der Waals surface area (Å²) in [4.78, 5) is 6.44. The van der Waals surface area contributed by atoms with E-state index in [9.17, 15) is 13.2 Å². The minimum atomic E-state index is -4.34. The summed E-state index contributed by atoms with van der Waals surface area (Å²) in [7, 11) is 2.00. The van der Waals surface area contributed by atoms with Crippen LogP contribution in [-0.2, 0) is 19.6 Å². The van der Waals surface area contributed by atoms with Gasteiger partial charge in [0.15, 0.2) is 5.82 Å². The molecule has 2 aromatic heterocycles. The first-order chi connectivity index (χ1) is 14.9. The minimum Gasteiger partial charge on any atom is -0.314 e. The van der Waals surface area contributed by atoms with E-state index in [0.717, 1.165) is 80.5 Å². The number of hydrogen-bond donors (Lipinski definition) is 0. The first-order valence-corrected chi connectivity index (χ1v) is 10.6. The first-order valence-electron chi connectivity index (χ1n) is 10.6. The molecule has 3 aromatic rings. The van der Waals surface area contributed by atoms with E-state index >= 15 is 0 Å². The monoisotopic (exact) mass is 429 g/mol. The lowest BCUT2D eigenvalue weighted by Crippen LogP contribution is -2.22. The van der Waals surface area contributed by atoms with E-state index in [1.165, 1.54) is 6.07 Å². The highest BCUT2D eigenvalue weighted by Gasteiger charge is 2.31. The molecule has 0 saturated carbocycles. The van der Waals surface area contributed by atoms with Crippen LogP contribution in [0.4, 0.5) is 13.2 Å². The highest BCUT2D eigenvalue weighted by Crippen LogP contribution is 2.31. The average molecular weight is 429 g/mol. The number of alkyl halides is 3. The second kappa shape index (κ2) is 9.18. The summed E-state index contributed by atoms with van der Waals surface area (Å²) in [5.74, 6) is 2.06. The molecule has 0 amide bonds. The molecule has 1 aliphatic heterocycles. The highest BCUT2D eigenvalue weighted by molar-refractivity contribution is 5.54. The number of benzene rings is 1. The molecule has 164 valence electrons. The van der Waals surface area contributed by atoms with Crippen LogP contribution in [0.15, 0.2) is 48.7 Å². The normalized spacial score (nSPS) is 17.4. The molecule has 0 aliphatic carbocycles. The maximum absolute atomic E-state index is 12.7. The SMILES string of the molecule is Cn1c(CCCCN2CCC(c3ccc(C(F)(F)F)cn3)C2)nnc1-c1ccccc1. The molecule has 3 heterocycles. The van der Waals surface area contributed by atoms with Crippen molar-refractivity contribution >= 4 is 0 Å². The Morgan fingerprint density at radius 2 is 1.84 bits per heavy atom. The maximum Gasteiger partial charge on any atom is 0.417 e. The summed E-state index contributed by atoms with van der Waals surface area (Å²) in [6.45, 7) is 2.77. The molecule has 1 fully saturated rings. The first kappa shape index (κ1) is 21.5. The van der Waals surface area contributed by atoms with Gasteiger partial charge >= 0.3 is 6.18 Å². The van der Waals surface area contributed by atoms with Crippen LogP contribution < -0.4 is 0 Å². The lowest BCUT2D eigenvalue weighted by molar-refractivity contribution is -0.137. The zero-order chi connectivity index (χ0) is 21.8. The zero-order valence-electron chi connectivity index (χ0n) is 17.5. The van der Waals surface area contributed by atoms with E-state index in [1.807, 2.05) is 37.4 Å². The number of nitrogens with zero attached hydrogens (tertiary/aromatic N) is 5. The molecule has 1 atom stereocenters. The van der Waals surface area contributed by atoms with Gasteiger partial charge in [-0.15, -0.1) is 10.2 Å². The predicted octanol–water partition coefficient (Wildman–Crippen LogP) is 4.71. The van der Waals surface area contributed by atoms with Crippen LogP contribution in [0, 0.1) is 0 Å².